The third-order valence-corrected chi connectivity index (χ3v) is 7.60. The van der Waals surface area contributed by atoms with Gasteiger partial charge in [0.15, 0.2) is 5.82 Å². The molecule has 3 N–H and O–H groups in total. The van der Waals surface area contributed by atoms with Crippen LogP contribution in [-0.2, 0) is 10.9 Å². The number of alkyl halides is 3. The molecule has 0 unspecified atom stereocenters. The molecule has 2 aliphatic rings. The van der Waals surface area contributed by atoms with Crippen molar-refractivity contribution in [2.24, 2.45) is 0 Å². The van der Waals surface area contributed by atoms with E-state index >= 15 is 0 Å². The molecule has 1 aromatic carbocycles. The summed E-state index contributed by atoms with van der Waals surface area (Å²) in [6, 6.07) is 6.50. The zero-order chi connectivity index (χ0) is 26.9. The third-order valence-electron chi connectivity index (χ3n) is 7.60. The molecule has 3 heterocycles. The Bertz CT molecular complexity index is 1260. The lowest BCUT2D eigenvalue weighted by molar-refractivity contribution is -0.137. The Labute approximate surface area is 220 Å². The second-order valence-corrected chi connectivity index (χ2v) is 10.3. The van der Waals surface area contributed by atoms with E-state index in [2.05, 4.69) is 48.7 Å². The molecular formula is C27H34F3N7O. The first-order valence-electron chi connectivity index (χ1n) is 13.1. The van der Waals surface area contributed by atoms with Gasteiger partial charge in [-0.1, -0.05) is 6.07 Å². The van der Waals surface area contributed by atoms with Crippen molar-refractivity contribution < 1.29 is 17.9 Å². The van der Waals surface area contributed by atoms with Gasteiger partial charge in [-0.3, -0.25) is 10.00 Å². The number of benzene rings is 1. The van der Waals surface area contributed by atoms with Gasteiger partial charge in [-0.2, -0.15) is 23.3 Å². The van der Waals surface area contributed by atoms with Crippen molar-refractivity contribution >= 4 is 23.3 Å². The number of nitrogens with one attached hydrogen (secondary N) is 3. The quantitative estimate of drug-likeness (QED) is 0.361. The van der Waals surface area contributed by atoms with Gasteiger partial charge in [-0.25, -0.2) is 4.98 Å². The minimum Gasteiger partial charge on any atom is -0.379 e. The fraction of sp³-hybridized carbons (Fsp3) is 0.519. The number of aromatic amines is 1. The highest BCUT2D eigenvalue weighted by molar-refractivity contribution is 5.64. The van der Waals surface area contributed by atoms with E-state index in [-0.39, 0.29) is 17.6 Å². The predicted octanol–water partition coefficient (Wildman–Crippen LogP) is 5.99. The first-order chi connectivity index (χ1) is 18.2. The van der Waals surface area contributed by atoms with Gasteiger partial charge in [-0.15, -0.1) is 0 Å². The summed E-state index contributed by atoms with van der Waals surface area (Å²) in [5, 5.41) is 12.5. The maximum absolute atomic E-state index is 13.6. The molecule has 11 heteroatoms. The Hall–Kier alpha value is -3.18. The number of hydrogen-bond donors (Lipinski definition) is 3. The highest BCUT2D eigenvalue weighted by atomic mass is 19.4. The van der Waals surface area contributed by atoms with Gasteiger partial charge >= 0.3 is 6.18 Å². The van der Waals surface area contributed by atoms with Gasteiger partial charge in [-0.05, 0) is 75.1 Å². The summed E-state index contributed by atoms with van der Waals surface area (Å²) in [4.78, 5) is 10.7. The lowest BCUT2D eigenvalue weighted by Gasteiger charge is -2.39. The van der Waals surface area contributed by atoms with Crippen LogP contribution < -0.4 is 10.6 Å². The fourth-order valence-corrected chi connectivity index (χ4v) is 5.58. The van der Waals surface area contributed by atoms with Crippen LogP contribution in [-0.4, -0.2) is 57.4 Å². The molecule has 0 atom stereocenters. The van der Waals surface area contributed by atoms with Crippen LogP contribution in [0, 0.1) is 20.8 Å². The molecule has 1 aliphatic heterocycles. The van der Waals surface area contributed by atoms with Gasteiger partial charge in [0.2, 0.25) is 5.95 Å². The number of ether oxygens (including phenoxy) is 1. The summed E-state index contributed by atoms with van der Waals surface area (Å²) in [5.74, 6) is 0.478. The van der Waals surface area contributed by atoms with Crippen molar-refractivity contribution in [3.05, 3.63) is 52.3 Å². The van der Waals surface area contributed by atoms with Crippen molar-refractivity contribution in [1.29, 1.82) is 0 Å². The van der Waals surface area contributed by atoms with Crippen LogP contribution in [0.2, 0.25) is 0 Å². The number of hydrogen-bond acceptors (Lipinski definition) is 7. The monoisotopic (exact) mass is 529 g/mol. The molecule has 1 saturated heterocycles. The zero-order valence-corrected chi connectivity index (χ0v) is 22.0. The highest BCUT2D eigenvalue weighted by Crippen LogP contribution is 2.39. The first-order valence-corrected chi connectivity index (χ1v) is 13.1. The summed E-state index contributed by atoms with van der Waals surface area (Å²) in [6.45, 7) is 9.57. The van der Waals surface area contributed by atoms with Crippen LogP contribution in [0.5, 0.6) is 0 Å². The minimum atomic E-state index is -4.61. The van der Waals surface area contributed by atoms with Crippen molar-refractivity contribution in [3.63, 3.8) is 0 Å². The Balaban J connectivity index is 1.31. The zero-order valence-electron chi connectivity index (χ0n) is 22.0. The molecular weight excluding hydrogens is 495 g/mol. The molecule has 0 radical (unpaired) electrons. The van der Waals surface area contributed by atoms with Crippen LogP contribution in [0.1, 0.15) is 59.5 Å². The lowest BCUT2D eigenvalue weighted by Crippen LogP contribution is -2.44. The van der Waals surface area contributed by atoms with E-state index in [0.29, 0.717) is 17.7 Å². The molecule has 38 heavy (non-hydrogen) atoms. The molecule has 0 amide bonds. The van der Waals surface area contributed by atoms with E-state index in [0.717, 1.165) is 62.2 Å². The van der Waals surface area contributed by atoms with Crippen molar-refractivity contribution in [3.8, 4) is 0 Å². The maximum atomic E-state index is 13.6. The summed E-state index contributed by atoms with van der Waals surface area (Å²) in [5.41, 5.74) is 4.04. The number of morpholine rings is 1. The third kappa shape index (κ3) is 5.94. The van der Waals surface area contributed by atoms with Gasteiger partial charge in [0.1, 0.15) is 11.4 Å². The van der Waals surface area contributed by atoms with E-state index in [4.69, 9.17) is 4.74 Å². The number of halogens is 3. The van der Waals surface area contributed by atoms with Crippen LogP contribution >= 0.6 is 0 Å². The van der Waals surface area contributed by atoms with Gasteiger partial charge in [0.25, 0.3) is 0 Å². The van der Waals surface area contributed by atoms with Crippen molar-refractivity contribution in [1.82, 2.24) is 25.1 Å². The average molecular weight is 530 g/mol. The normalized spacial score (nSPS) is 20.9. The molecule has 0 spiro atoms. The van der Waals surface area contributed by atoms with Crippen LogP contribution in [0.4, 0.5) is 36.4 Å². The van der Waals surface area contributed by atoms with E-state index in [1.54, 1.807) is 13.0 Å². The molecule has 2 fully saturated rings. The van der Waals surface area contributed by atoms with Crippen molar-refractivity contribution in [2.45, 2.75) is 64.6 Å². The Morgan fingerprint density at radius 3 is 2.37 bits per heavy atom. The SMILES string of the molecule is Cc1cc(Nc2nc(Nc3cc(C)c([C@H]4CC[C@@H](N5CCOCC5)CC4)cc3C)ncc2C(F)(F)F)n[nH]1. The molecule has 3 aromatic rings. The van der Waals surface area contributed by atoms with Gasteiger partial charge < -0.3 is 15.4 Å². The molecule has 204 valence electrons. The maximum Gasteiger partial charge on any atom is 0.421 e. The molecule has 1 saturated carbocycles. The average Bonchev–Trinajstić information content (AvgIpc) is 3.30. The molecule has 0 bridgehead atoms. The number of aryl methyl sites for hydroxylation is 3. The number of nitrogens with zero attached hydrogens (tertiary/aromatic N) is 4. The second kappa shape index (κ2) is 10.9. The Morgan fingerprint density at radius 2 is 1.71 bits per heavy atom. The number of aromatic nitrogens is 4. The first kappa shape index (κ1) is 26.4. The molecule has 2 aromatic heterocycles. The number of H-pyrrole nitrogens is 1. The van der Waals surface area contributed by atoms with Crippen LogP contribution in [0.25, 0.3) is 0 Å². The van der Waals surface area contributed by atoms with E-state index < -0.39 is 11.7 Å². The molecule has 5 rings (SSSR count). The molecule has 1 aliphatic carbocycles. The second-order valence-electron chi connectivity index (χ2n) is 10.3. The fourth-order valence-electron chi connectivity index (χ4n) is 5.58. The van der Waals surface area contributed by atoms with Crippen LogP contribution in [0.3, 0.4) is 0 Å². The number of anilines is 4. The lowest BCUT2D eigenvalue weighted by atomic mass is 9.79. The smallest absolute Gasteiger partial charge is 0.379 e. The summed E-state index contributed by atoms with van der Waals surface area (Å²) >= 11 is 0. The predicted molar refractivity (Wildman–Crippen MR) is 140 cm³/mol. The minimum absolute atomic E-state index is 0.0778. The van der Waals surface area contributed by atoms with Gasteiger partial charge in [0.05, 0.1) is 13.2 Å². The molecule has 8 nitrogen and oxygen atoms in total. The van der Waals surface area contributed by atoms with Crippen molar-refractivity contribution in [2.75, 3.05) is 36.9 Å². The largest absolute Gasteiger partial charge is 0.421 e. The summed E-state index contributed by atoms with van der Waals surface area (Å²) < 4.78 is 46.3. The number of rotatable bonds is 6. The van der Waals surface area contributed by atoms with Gasteiger partial charge in [0, 0.05) is 42.8 Å². The Morgan fingerprint density at radius 1 is 0.974 bits per heavy atom. The van der Waals surface area contributed by atoms with E-state index in [1.165, 1.54) is 18.4 Å². The summed E-state index contributed by atoms with van der Waals surface area (Å²) in [6.07, 6.45) is 0.862. The van der Waals surface area contributed by atoms with Crippen LogP contribution in [0.15, 0.2) is 24.4 Å². The standard InChI is InChI=1S/C27H34F3N7O/c1-16-13-23(17(2)12-21(16)19-4-6-20(7-5-19)37-8-10-38-11-9-37)32-26-31-15-22(27(28,29)30)25(34-26)33-24-14-18(3)35-36-24/h12-15,19-20H,4-11H2,1-3H3,(H3,31,32,33,34,35,36)/t19-,20+. The summed E-state index contributed by atoms with van der Waals surface area (Å²) in [7, 11) is 0. The Kier molecular flexibility index (Phi) is 7.58. The topological polar surface area (TPSA) is 91.0 Å². The van der Waals surface area contributed by atoms with E-state index in [1.807, 2.05) is 13.0 Å². The highest BCUT2D eigenvalue weighted by Gasteiger charge is 2.35. The van der Waals surface area contributed by atoms with E-state index in [9.17, 15) is 13.2 Å².